The molecular formula is C12H19NO. The summed E-state index contributed by atoms with van der Waals surface area (Å²) in [4.78, 5) is 0. The van der Waals surface area contributed by atoms with Crippen molar-refractivity contribution in [2.75, 3.05) is 11.9 Å². The van der Waals surface area contributed by atoms with E-state index >= 15 is 0 Å². The number of hydrogen-bond donors (Lipinski definition) is 2. The van der Waals surface area contributed by atoms with E-state index in [0.29, 0.717) is 6.54 Å². The largest absolute Gasteiger partial charge is 0.389 e. The molecule has 1 rings (SSSR count). The lowest BCUT2D eigenvalue weighted by Gasteiger charge is -2.19. The number of benzene rings is 1. The Bertz CT molecular complexity index is 313. The highest BCUT2D eigenvalue weighted by molar-refractivity contribution is 5.52. The Morgan fingerprint density at radius 2 is 1.93 bits per heavy atom. The second-order valence-electron chi connectivity index (χ2n) is 4.48. The van der Waals surface area contributed by atoms with Crippen molar-refractivity contribution in [2.24, 2.45) is 0 Å². The SMILES string of the molecule is Cc1ccc(C)c(NCC(C)(C)O)c1. The number of rotatable bonds is 3. The predicted octanol–water partition coefficient (Wildman–Crippen LogP) is 2.49. The molecule has 1 aromatic rings. The van der Waals surface area contributed by atoms with Crippen LogP contribution in [0.15, 0.2) is 18.2 Å². The van der Waals surface area contributed by atoms with Gasteiger partial charge in [-0.2, -0.15) is 0 Å². The maximum absolute atomic E-state index is 9.58. The van der Waals surface area contributed by atoms with E-state index in [0.717, 1.165) is 5.69 Å². The summed E-state index contributed by atoms with van der Waals surface area (Å²) in [6.45, 7) is 8.29. The minimum absolute atomic E-state index is 0.567. The van der Waals surface area contributed by atoms with Gasteiger partial charge in [0.05, 0.1) is 5.60 Å². The number of aliphatic hydroxyl groups is 1. The van der Waals surface area contributed by atoms with Gasteiger partial charge in [0.2, 0.25) is 0 Å². The Morgan fingerprint density at radius 3 is 2.50 bits per heavy atom. The monoisotopic (exact) mass is 193 g/mol. The summed E-state index contributed by atoms with van der Waals surface area (Å²) < 4.78 is 0. The number of aryl methyl sites for hydroxylation is 2. The second kappa shape index (κ2) is 4.01. The molecule has 0 atom stereocenters. The Morgan fingerprint density at radius 1 is 1.29 bits per heavy atom. The molecule has 2 heteroatoms. The molecule has 0 saturated heterocycles. The van der Waals surface area contributed by atoms with Crippen LogP contribution in [0, 0.1) is 13.8 Å². The first kappa shape index (κ1) is 11.1. The third kappa shape index (κ3) is 3.38. The van der Waals surface area contributed by atoms with Gasteiger partial charge < -0.3 is 10.4 Å². The molecule has 0 bridgehead atoms. The van der Waals surface area contributed by atoms with E-state index in [4.69, 9.17) is 0 Å². The fourth-order valence-corrected chi connectivity index (χ4v) is 1.24. The summed E-state index contributed by atoms with van der Waals surface area (Å²) in [7, 11) is 0. The zero-order chi connectivity index (χ0) is 10.8. The lowest BCUT2D eigenvalue weighted by molar-refractivity contribution is 0.0945. The van der Waals surface area contributed by atoms with Crippen molar-refractivity contribution in [3.8, 4) is 0 Å². The van der Waals surface area contributed by atoms with Crippen LogP contribution in [0.1, 0.15) is 25.0 Å². The van der Waals surface area contributed by atoms with E-state index in [1.165, 1.54) is 11.1 Å². The molecular weight excluding hydrogens is 174 g/mol. The number of nitrogens with one attached hydrogen (secondary N) is 1. The molecule has 2 N–H and O–H groups in total. The highest BCUT2D eigenvalue weighted by Crippen LogP contribution is 2.17. The van der Waals surface area contributed by atoms with Gasteiger partial charge in [-0.05, 0) is 44.9 Å². The van der Waals surface area contributed by atoms with Crippen LogP contribution in [0.2, 0.25) is 0 Å². The molecule has 0 unspecified atom stereocenters. The van der Waals surface area contributed by atoms with Gasteiger partial charge in [0, 0.05) is 12.2 Å². The van der Waals surface area contributed by atoms with Crippen molar-refractivity contribution in [2.45, 2.75) is 33.3 Å². The molecule has 0 aromatic heterocycles. The van der Waals surface area contributed by atoms with Gasteiger partial charge in [-0.25, -0.2) is 0 Å². The Kier molecular flexibility index (Phi) is 3.17. The van der Waals surface area contributed by atoms with Crippen molar-refractivity contribution in [1.29, 1.82) is 0 Å². The summed E-state index contributed by atoms with van der Waals surface area (Å²) in [6.07, 6.45) is 0. The summed E-state index contributed by atoms with van der Waals surface area (Å²) in [5.41, 5.74) is 2.87. The summed E-state index contributed by atoms with van der Waals surface area (Å²) >= 11 is 0. The summed E-state index contributed by atoms with van der Waals surface area (Å²) in [5.74, 6) is 0. The van der Waals surface area contributed by atoms with Crippen molar-refractivity contribution >= 4 is 5.69 Å². The quantitative estimate of drug-likeness (QED) is 0.773. The summed E-state index contributed by atoms with van der Waals surface area (Å²) in [5, 5.41) is 12.8. The number of hydrogen-bond acceptors (Lipinski definition) is 2. The standard InChI is InChI=1S/C12H19NO/c1-9-5-6-10(2)11(7-9)13-8-12(3,4)14/h5-7,13-14H,8H2,1-4H3. The summed E-state index contributed by atoms with van der Waals surface area (Å²) in [6, 6.07) is 6.27. The van der Waals surface area contributed by atoms with Crippen LogP contribution < -0.4 is 5.32 Å². The fraction of sp³-hybridized carbons (Fsp3) is 0.500. The molecule has 0 heterocycles. The maximum atomic E-state index is 9.58. The molecule has 78 valence electrons. The van der Waals surface area contributed by atoms with Gasteiger partial charge in [0.15, 0.2) is 0 Å². The van der Waals surface area contributed by atoms with E-state index in [9.17, 15) is 5.11 Å². The van der Waals surface area contributed by atoms with Gasteiger partial charge in [-0.1, -0.05) is 12.1 Å². The van der Waals surface area contributed by atoms with Crippen LogP contribution in [-0.2, 0) is 0 Å². The second-order valence-corrected chi connectivity index (χ2v) is 4.48. The third-order valence-electron chi connectivity index (χ3n) is 2.10. The van der Waals surface area contributed by atoms with Crippen LogP contribution in [0.3, 0.4) is 0 Å². The van der Waals surface area contributed by atoms with Crippen LogP contribution >= 0.6 is 0 Å². The minimum atomic E-state index is -0.670. The van der Waals surface area contributed by atoms with Crippen LogP contribution in [0.5, 0.6) is 0 Å². The molecule has 0 aliphatic heterocycles. The zero-order valence-corrected chi connectivity index (χ0v) is 9.39. The van der Waals surface area contributed by atoms with Gasteiger partial charge in [0.1, 0.15) is 0 Å². The topological polar surface area (TPSA) is 32.3 Å². The van der Waals surface area contributed by atoms with E-state index in [1.807, 2.05) is 0 Å². The third-order valence-corrected chi connectivity index (χ3v) is 2.10. The molecule has 2 nitrogen and oxygen atoms in total. The Balaban J connectivity index is 2.72. The van der Waals surface area contributed by atoms with Crippen molar-refractivity contribution < 1.29 is 5.11 Å². The molecule has 0 spiro atoms. The number of anilines is 1. The van der Waals surface area contributed by atoms with E-state index < -0.39 is 5.60 Å². The van der Waals surface area contributed by atoms with Crippen molar-refractivity contribution in [3.63, 3.8) is 0 Å². The van der Waals surface area contributed by atoms with Crippen LogP contribution in [0.25, 0.3) is 0 Å². The normalized spacial score (nSPS) is 11.5. The minimum Gasteiger partial charge on any atom is -0.389 e. The average Bonchev–Trinajstić information content (AvgIpc) is 2.05. The van der Waals surface area contributed by atoms with Crippen LogP contribution in [-0.4, -0.2) is 17.3 Å². The first-order valence-electron chi connectivity index (χ1n) is 4.92. The predicted molar refractivity (Wildman–Crippen MR) is 60.7 cm³/mol. The lowest BCUT2D eigenvalue weighted by Crippen LogP contribution is -2.29. The first-order valence-corrected chi connectivity index (χ1v) is 4.92. The Hall–Kier alpha value is -1.02. The van der Waals surface area contributed by atoms with Gasteiger partial charge in [-0.15, -0.1) is 0 Å². The molecule has 1 aromatic carbocycles. The molecule has 0 amide bonds. The van der Waals surface area contributed by atoms with E-state index in [1.54, 1.807) is 13.8 Å². The van der Waals surface area contributed by atoms with Crippen molar-refractivity contribution in [3.05, 3.63) is 29.3 Å². The van der Waals surface area contributed by atoms with E-state index in [-0.39, 0.29) is 0 Å². The molecule has 0 fully saturated rings. The molecule has 0 aliphatic carbocycles. The van der Waals surface area contributed by atoms with Crippen LogP contribution in [0.4, 0.5) is 5.69 Å². The highest BCUT2D eigenvalue weighted by atomic mass is 16.3. The Labute approximate surface area is 86.0 Å². The van der Waals surface area contributed by atoms with Gasteiger partial charge >= 0.3 is 0 Å². The molecule has 0 radical (unpaired) electrons. The first-order chi connectivity index (χ1) is 6.38. The van der Waals surface area contributed by atoms with Gasteiger partial charge in [0.25, 0.3) is 0 Å². The van der Waals surface area contributed by atoms with Crippen molar-refractivity contribution in [1.82, 2.24) is 0 Å². The maximum Gasteiger partial charge on any atom is 0.0763 e. The fourth-order valence-electron chi connectivity index (χ4n) is 1.24. The average molecular weight is 193 g/mol. The lowest BCUT2D eigenvalue weighted by atomic mass is 10.1. The molecule has 0 saturated carbocycles. The molecule has 0 aliphatic rings. The molecule has 14 heavy (non-hydrogen) atoms. The van der Waals surface area contributed by atoms with Gasteiger partial charge in [-0.3, -0.25) is 0 Å². The van der Waals surface area contributed by atoms with E-state index in [2.05, 4.69) is 37.4 Å². The smallest absolute Gasteiger partial charge is 0.0763 e. The zero-order valence-electron chi connectivity index (χ0n) is 9.39. The highest BCUT2D eigenvalue weighted by Gasteiger charge is 2.11.